The quantitative estimate of drug-likeness (QED) is 0.0401. The molecule has 6 heterocycles. The van der Waals surface area contributed by atoms with E-state index in [-0.39, 0.29) is 44.4 Å². The van der Waals surface area contributed by atoms with Gasteiger partial charge < -0.3 is 35.0 Å². The first-order chi connectivity index (χ1) is 41.7. The van der Waals surface area contributed by atoms with Gasteiger partial charge in [-0.15, -0.1) is 11.3 Å². The second kappa shape index (κ2) is 27.3. The van der Waals surface area contributed by atoms with Crippen molar-refractivity contribution in [2.45, 2.75) is 124 Å². The molecule has 0 unspecified atom stereocenters. The van der Waals surface area contributed by atoms with Crippen LogP contribution in [0.3, 0.4) is 0 Å². The number of carbonyl (C=O) groups is 5. The minimum atomic E-state index is -4.30. The minimum absolute atomic E-state index is 0.0309. The molecule has 21 nitrogen and oxygen atoms in total. The van der Waals surface area contributed by atoms with Crippen LogP contribution in [-0.2, 0) is 53.4 Å². The van der Waals surface area contributed by atoms with Gasteiger partial charge in [0.15, 0.2) is 5.13 Å². The maximum Gasteiger partial charge on any atom is 0.284 e. The normalized spacial score (nSPS) is 17.2. The molecule has 3 aliphatic rings. The highest BCUT2D eigenvalue weighted by molar-refractivity contribution is 7.90. The summed E-state index contributed by atoms with van der Waals surface area (Å²) in [4.78, 5) is 87.7. The number of sulfonamides is 1. The number of amides is 5. The lowest BCUT2D eigenvalue weighted by Crippen LogP contribution is -2.58. The number of aryl methyl sites for hydroxylation is 1. The predicted octanol–water partition coefficient (Wildman–Crippen LogP) is 8.15. The molecule has 24 heteroatoms. The molecule has 2 aliphatic heterocycles. The van der Waals surface area contributed by atoms with Gasteiger partial charge in [-0.2, -0.15) is 5.10 Å². The van der Waals surface area contributed by atoms with Crippen molar-refractivity contribution in [1.82, 2.24) is 45.0 Å². The van der Waals surface area contributed by atoms with Crippen LogP contribution in [0.25, 0.3) is 31.8 Å². The molecule has 0 radical (unpaired) electrons. The van der Waals surface area contributed by atoms with Crippen LogP contribution in [0.5, 0.6) is 0 Å². The first kappa shape index (κ1) is 62.6. The van der Waals surface area contributed by atoms with E-state index >= 15 is 0 Å². The lowest BCUT2D eigenvalue weighted by Gasteiger charge is -2.35. The number of nitrogens with zero attached hydrogens (tertiary/aromatic N) is 7. The number of benzene rings is 3. The molecule has 1 aliphatic carbocycles. The molecular weight excluding hydrogens is 1170 g/mol. The molecule has 87 heavy (non-hydrogen) atoms. The Balaban J connectivity index is 0.735. The van der Waals surface area contributed by atoms with Crippen molar-refractivity contribution >= 4 is 83.4 Å². The van der Waals surface area contributed by atoms with Gasteiger partial charge in [0.2, 0.25) is 27.7 Å². The van der Waals surface area contributed by atoms with Gasteiger partial charge in [-0.3, -0.25) is 34.0 Å². The predicted molar refractivity (Wildman–Crippen MR) is 335 cm³/mol. The molecule has 0 bridgehead atoms. The second-order valence-electron chi connectivity index (χ2n) is 23.7. The van der Waals surface area contributed by atoms with E-state index < -0.39 is 75.7 Å². The standard InChI is InChI=1S/C63H75N11O10S3/c1-38(42-19-21-44(22-20-42)56-39(2)64-37-85-56)66-59(78)51-31-45(75)34-73(51)61(80)57(63(4,5)6)69-54(76)36-84-28-27-83-29-30-87(81,82)71-60(79)55-46(48-32-65-74(40(48)3)33-41-13-8-7-9-14-41)23-24-53(68-55)72-26-25-43-15-12-16-47(49(43)35-72)58(77)70-62-67-50-17-10-11-18-52(50)86-62/h10-12,15-24,32,37-38,41,45,51,57,75H,7-9,13-14,25-31,33-36H2,1-6H3,(H,66,78)(H,69,76)(H,71,79)(H,67,70,77)/t38-,45+,51-,57+/m0/s1. The van der Waals surface area contributed by atoms with Gasteiger partial charge in [0.25, 0.3) is 11.8 Å². The summed E-state index contributed by atoms with van der Waals surface area (Å²) in [7, 11) is -4.30. The highest BCUT2D eigenvalue weighted by atomic mass is 32.2. The van der Waals surface area contributed by atoms with Crippen LogP contribution in [0.15, 0.2) is 90.6 Å². The number of para-hydroxylation sites is 1. The number of ether oxygens (including phenoxy) is 2. The van der Waals surface area contributed by atoms with Gasteiger partial charge in [0, 0.05) is 55.0 Å². The van der Waals surface area contributed by atoms with Gasteiger partial charge >= 0.3 is 0 Å². The zero-order valence-electron chi connectivity index (χ0n) is 49.8. The van der Waals surface area contributed by atoms with Crippen molar-refractivity contribution in [3.8, 4) is 21.6 Å². The number of likely N-dealkylation sites (tertiary alicyclic amines) is 1. The lowest BCUT2D eigenvalue weighted by atomic mass is 9.85. The Morgan fingerprint density at radius 3 is 2.38 bits per heavy atom. The van der Waals surface area contributed by atoms with Gasteiger partial charge in [0.1, 0.15) is 30.2 Å². The molecule has 5 N–H and O–H groups in total. The number of rotatable bonds is 22. The molecule has 1 saturated carbocycles. The Labute approximate surface area is 514 Å². The summed E-state index contributed by atoms with van der Waals surface area (Å²) >= 11 is 2.94. The topological polar surface area (TPSA) is 269 Å². The summed E-state index contributed by atoms with van der Waals surface area (Å²) in [5.41, 5.74) is 8.67. The van der Waals surface area contributed by atoms with Crippen LogP contribution in [0.1, 0.15) is 121 Å². The number of aliphatic hydroxyl groups excluding tert-OH is 1. The maximum absolute atomic E-state index is 14.4. The van der Waals surface area contributed by atoms with Gasteiger partial charge in [-0.1, -0.05) is 99.9 Å². The van der Waals surface area contributed by atoms with Crippen LogP contribution in [-0.4, -0.2) is 136 Å². The molecule has 4 atom stereocenters. The molecule has 4 aromatic heterocycles. The lowest BCUT2D eigenvalue weighted by molar-refractivity contribution is -0.144. The Hall–Kier alpha value is -7.48. The van der Waals surface area contributed by atoms with Crippen molar-refractivity contribution in [3.05, 3.63) is 130 Å². The Morgan fingerprint density at radius 1 is 0.862 bits per heavy atom. The number of aromatic nitrogens is 5. The molecule has 3 aromatic carbocycles. The van der Waals surface area contributed by atoms with Crippen LogP contribution < -0.4 is 25.6 Å². The largest absolute Gasteiger partial charge is 0.391 e. The Kier molecular flexibility index (Phi) is 19.6. The van der Waals surface area contributed by atoms with Gasteiger partial charge in [0.05, 0.1) is 70.2 Å². The molecule has 1 saturated heterocycles. The summed E-state index contributed by atoms with van der Waals surface area (Å²) in [5.74, 6) is -2.48. The Morgan fingerprint density at radius 2 is 1.63 bits per heavy atom. The molecule has 5 amide bonds. The van der Waals surface area contributed by atoms with E-state index in [1.807, 2.05) is 97.1 Å². The number of hydrogen-bond donors (Lipinski definition) is 5. The van der Waals surface area contributed by atoms with Crippen molar-refractivity contribution in [1.29, 1.82) is 0 Å². The smallest absolute Gasteiger partial charge is 0.284 e. The van der Waals surface area contributed by atoms with Crippen molar-refractivity contribution < 1.29 is 47.0 Å². The summed E-state index contributed by atoms with van der Waals surface area (Å²) in [6.45, 7) is 11.6. The molecule has 460 valence electrons. The van der Waals surface area contributed by atoms with E-state index in [1.54, 1.807) is 55.9 Å². The zero-order valence-corrected chi connectivity index (χ0v) is 52.3. The third-order valence-electron chi connectivity index (χ3n) is 16.4. The number of pyridine rings is 1. The van der Waals surface area contributed by atoms with E-state index in [9.17, 15) is 37.5 Å². The molecule has 7 aromatic rings. The fourth-order valence-electron chi connectivity index (χ4n) is 11.6. The molecular formula is C63H75N11O10S3. The zero-order chi connectivity index (χ0) is 61.6. The van der Waals surface area contributed by atoms with E-state index in [1.165, 1.54) is 35.5 Å². The molecule has 2 fully saturated rings. The number of β-amino-alcohol motifs (C(OH)–C–C–N with tert-alkyl or cyclic N) is 1. The number of nitrogens with one attached hydrogen (secondary N) is 4. The summed E-state index contributed by atoms with van der Waals surface area (Å²) < 4.78 is 43.6. The second-order valence-corrected chi connectivity index (χ2v) is 27.5. The van der Waals surface area contributed by atoms with Crippen LogP contribution in [0.4, 0.5) is 10.9 Å². The summed E-state index contributed by atoms with van der Waals surface area (Å²) in [6, 6.07) is 22.3. The van der Waals surface area contributed by atoms with Gasteiger partial charge in [-0.25, -0.2) is 28.1 Å². The SMILES string of the molecule is Cc1ncsc1-c1ccc([C@H](C)NC(=O)[C@@H]2C[C@@H](O)CN2C(=O)[C@@H](NC(=O)COCCOCCS(=O)(=O)NC(=O)c2nc(N3CCc4cccc(C(=O)Nc5nc6ccccc6s5)c4C3)ccc2-c2cnn(CC3CCCCC3)c2C)C(C)(C)C)cc1. The number of hydrogen-bond acceptors (Lipinski definition) is 17. The summed E-state index contributed by atoms with van der Waals surface area (Å²) in [6.07, 6.45) is 7.15. The van der Waals surface area contributed by atoms with Crippen LogP contribution in [0, 0.1) is 25.2 Å². The first-order valence-corrected chi connectivity index (χ1v) is 32.9. The average Bonchev–Trinajstić information content (AvgIpc) is 2.44. The number of anilines is 2. The highest BCUT2D eigenvalue weighted by Crippen LogP contribution is 2.35. The number of fused-ring (bicyclic) bond motifs is 2. The third-order valence-corrected chi connectivity index (χ3v) is 19.5. The van der Waals surface area contributed by atoms with E-state index in [2.05, 4.69) is 30.6 Å². The molecule has 0 spiro atoms. The average molecular weight is 1240 g/mol. The fraction of sp³-hybridized carbons (Fsp3) is 0.444. The van der Waals surface area contributed by atoms with Gasteiger partial charge in [-0.05, 0) is 104 Å². The van der Waals surface area contributed by atoms with Crippen LogP contribution in [0.2, 0.25) is 0 Å². The van der Waals surface area contributed by atoms with E-state index in [4.69, 9.17) is 19.6 Å². The highest BCUT2D eigenvalue weighted by Gasteiger charge is 2.45. The number of carbonyl (C=O) groups excluding carboxylic acids is 5. The maximum atomic E-state index is 14.4. The molecule has 10 rings (SSSR count). The van der Waals surface area contributed by atoms with E-state index in [0.29, 0.717) is 53.1 Å². The van der Waals surface area contributed by atoms with Crippen molar-refractivity contribution in [3.63, 3.8) is 0 Å². The number of aliphatic hydroxyl groups is 1. The minimum Gasteiger partial charge on any atom is -0.391 e. The van der Waals surface area contributed by atoms with Crippen molar-refractivity contribution in [2.75, 3.05) is 55.5 Å². The first-order valence-electron chi connectivity index (χ1n) is 29.5. The van der Waals surface area contributed by atoms with Crippen molar-refractivity contribution in [2.24, 2.45) is 11.3 Å². The third kappa shape index (κ3) is 15.1. The van der Waals surface area contributed by atoms with Crippen LogP contribution >= 0.6 is 22.7 Å². The fourth-order valence-corrected chi connectivity index (χ4v) is 14.1. The number of thiazole rings is 2. The monoisotopic (exact) mass is 1240 g/mol. The summed E-state index contributed by atoms with van der Waals surface area (Å²) in [5, 5.41) is 24.7. The van der Waals surface area contributed by atoms with E-state index in [0.717, 1.165) is 68.1 Å². The Bertz CT molecular complexity index is 3730.